The van der Waals surface area contributed by atoms with Gasteiger partial charge in [-0.1, -0.05) is 0 Å². The van der Waals surface area contributed by atoms with E-state index in [0.717, 1.165) is 0 Å². The fraction of sp³-hybridized carbons (Fsp3) is 0.250. The predicted octanol–water partition coefficient (Wildman–Crippen LogP) is -0.859. The number of carbonyl (C=O) groups is 2. The molecule has 0 saturated heterocycles. The fourth-order valence-corrected chi connectivity index (χ4v) is 0.384. The van der Waals surface area contributed by atoms with Crippen molar-refractivity contribution in [3.63, 3.8) is 0 Å². The second kappa shape index (κ2) is 1.73. The lowest BCUT2D eigenvalue weighted by atomic mass is 10.7. The standard InChI is InChI=1S/C4H3NO3/c6-1-4-5-3(7)2-8-4/h1H,2H2. The molecule has 0 aromatic carbocycles. The maximum Gasteiger partial charge on any atom is 0.286 e. The van der Waals surface area contributed by atoms with E-state index in [-0.39, 0.29) is 12.5 Å². The lowest BCUT2D eigenvalue weighted by Gasteiger charge is -1.83. The van der Waals surface area contributed by atoms with Gasteiger partial charge in [-0.25, -0.2) is 0 Å². The first kappa shape index (κ1) is 4.96. The number of aliphatic imine (C=N–C) groups is 1. The van der Waals surface area contributed by atoms with Crippen LogP contribution in [0.5, 0.6) is 0 Å². The first-order valence-corrected chi connectivity index (χ1v) is 2.02. The Balaban J connectivity index is 2.70. The molecule has 0 fully saturated rings. The summed E-state index contributed by atoms with van der Waals surface area (Å²) in [6.45, 7) is -0.0892. The molecule has 0 spiro atoms. The molecule has 42 valence electrons. The van der Waals surface area contributed by atoms with Crippen molar-refractivity contribution >= 4 is 18.1 Å². The lowest BCUT2D eigenvalue weighted by molar-refractivity contribution is -0.118. The Labute approximate surface area is 45.2 Å². The number of amides is 1. The van der Waals surface area contributed by atoms with E-state index < -0.39 is 5.91 Å². The van der Waals surface area contributed by atoms with Gasteiger partial charge in [-0.05, 0) is 0 Å². The van der Waals surface area contributed by atoms with Crippen LogP contribution in [-0.4, -0.2) is 24.7 Å². The Kier molecular flexibility index (Phi) is 1.07. The molecular weight excluding hydrogens is 110 g/mol. The molecule has 4 nitrogen and oxygen atoms in total. The number of ether oxygens (including phenoxy) is 1. The van der Waals surface area contributed by atoms with Crippen molar-refractivity contribution in [3.05, 3.63) is 0 Å². The van der Waals surface area contributed by atoms with Crippen LogP contribution in [0.25, 0.3) is 0 Å². The molecule has 0 radical (unpaired) electrons. The molecule has 0 aliphatic carbocycles. The molecule has 1 amide bonds. The Bertz CT molecular complexity index is 161. The van der Waals surface area contributed by atoms with E-state index >= 15 is 0 Å². The number of nitrogens with zero attached hydrogens (tertiary/aromatic N) is 1. The Morgan fingerprint density at radius 3 is 2.75 bits per heavy atom. The quantitative estimate of drug-likeness (QED) is 0.416. The summed E-state index contributed by atoms with van der Waals surface area (Å²) in [4.78, 5) is 23.1. The van der Waals surface area contributed by atoms with Crippen molar-refractivity contribution in [3.8, 4) is 0 Å². The fourth-order valence-electron chi connectivity index (χ4n) is 0.384. The minimum absolute atomic E-state index is 0.0892. The van der Waals surface area contributed by atoms with Crippen molar-refractivity contribution in [1.82, 2.24) is 0 Å². The van der Waals surface area contributed by atoms with Crippen LogP contribution >= 0.6 is 0 Å². The monoisotopic (exact) mass is 113 g/mol. The Hall–Kier alpha value is -1.19. The predicted molar refractivity (Wildman–Crippen MR) is 24.5 cm³/mol. The molecule has 0 bridgehead atoms. The number of carbonyl (C=O) groups excluding carboxylic acids is 2. The van der Waals surface area contributed by atoms with Crippen molar-refractivity contribution in [1.29, 1.82) is 0 Å². The third-order valence-electron chi connectivity index (χ3n) is 0.679. The normalized spacial score (nSPS) is 17.5. The molecule has 0 unspecified atom stereocenters. The highest BCUT2D eigenvalue weighted by atomic mass is 16.5. The van der Waals surface area contributed by atoms with Crippen molar-refractivity contribution < 1.29 is 14.3 Å². The van der Waals surface area contributed by atoms with Crippen LogP contribution in [0.1, 0.15) is 0 Å². The van der Waals surface area contributed by atoms with Crippen LogP contribution in [0, 0.1) is 0 Å². The summed E-state index contributed by atoms with van der Waals surface area (Å²) < 4.78 is 4.45. The zero-order chi connectivity index (χ0) is 5.98. The van der Waals surface area contributed by atoms with Gasteiger partial charge in [0.2, 0.25) is 6.29 Å². The lowest BCUT2D eigenvalue weighted by Crippen LogP contribution is -1.98. The van der Waals surface area contributed by atoms with Crippen LogP contribution in [-0.2, 0) is 14.3 Å². The van der Waals surface area contributed by atoms with Gasteiger partial charge in [0.05, 0.1) is 0 Å². The molecule has 1 rings (SSSR count). The molecule has 1 aliphatic heterocycles. The molecule has 8 heavy (non-hydrogen) atoms. The average molecular weight is 113 g/mol. The SMILES string of the molecule is O=CC1=NC(=O)CO1. The third-order valence-corrected chi connectivity index (χ3v) is 0.679. The van der Waals surface area contributed by atoms with Crippen LogP contribution in [0.15, 0.2) is 4.99 Å². The maximum atomic E-state index is 10.1. The highest BCUT2D eigenvalue weighted by Crippen LogP contribution is 1.91. The summed E-state index contributed by atoms with van der Waals surface area (Å²) in [5.41, 5.74) is 0. The van der Waals surface area contributed by atoms with Gasteiger partial charge in [0.25, 0.3) is 11.8 Å². The van der Waals surface area contributed by atoms with Crippen LogP contribution in [0.4, 0.5) is 0 Å². The van der Waals surface area contributed by atoms with Gasteiger partial charge in [-0.15, -0.1) is 0 Å². The van der Waals surface area contributed by atoms with Crippen LogP contribution in [0.2, 0.25) is 0 Å². The maximum absolute atomic E-state index is 10.1. The zero-order valence-corrected chi connectivity index (χ0v) is 3.96. The van der Waals surface area contributed by atoms with Gasteiger partial charge in [-0.2, -0.15) is 4.99 Å². The Morgan fingerprint density at radius 1 is 1.75 bits per heavy atom. The van der Waals surface area contributed by atoms with Crippen molar-refractivity contribution in [2.45, 2.75) is 0 Å². The van der Waals surface area contributed by atoms with E-state index in [1.807, 2.05) is 0 Å². The number of aldehydes is 1. The molecule has 0 aromatic heterocycles. The summed E-state index contributed by atoms with van der Waals surface area (Å²) in [5, 5.41) is 0. The third kappa shape index (κ3) is 0.726. The van der Waals surface area contributed by atoms with E-state index in [4.69, 9.17) is 0 Å². The summed E-state index contributed by atoms with van der Waals surface area (Å²) in [7, 11) is 0. The molecule has 0 N–H and O–H groups in total. The highest BCUT2D eigenvalue weighted by Gasteiger charge is 2.12. The second-order valence-corrected chi connectivity index (χ2v) is 1.25. The first-order valence-electron chi connectivity index (χ1n) is 2.02. The molecule has 0 atom stereocenters. The van der Waals surface area contributed by atoms with E-state index in [2.05, 4.69) is 9.73 Å². The smallest absolute Gasteiger partial charge is 0.286 e. The molecule has 1 heterocycles. The number of hydrogen-bond acceptors (Lipinski definition) is 3. The van der Waals surface area contributed by atoms with Crippen molar-refractivity contribution in [2.24, 2.45) is 4.99 Å². The molecule has 0 saturated carbocycles. The second-order valence-electron chi connectivity index (χ2n) is 1.25. The van der Waals surface area contributed by atoms with E-state index in [1.54, 1.807) is 0 Å². The van der Waals surface area contributed by atoms with Gasteiger partial charge in [0, 0.05) is 0 Å². The molecule has 0 aromatic rings. The molecule has 1 aliphatic rings. The van der Waals surface area contributed by atoms with Gasteiger partial charge in [0.1, 0.15) is 0 Å². The van der Waals surface area contributed by atoms with E-state index in [0.29, 0.717) is 6.29 Å². The summed E-state index contributed by atoms with van der Waals surface area (Å²) in [5.74, 6) is -0.512. The summed E-state index contributed by atoms with van der Waals surface area (Å²) in [6, 6.07) is 0. The number of rotatable bonds is 1. The van der Waals surface area contributed by atoms with Gasteiger partial charge >= 0.3 is 0 Å². The largest absolute Gasteiger partial charge is 0.465 e. The zero-order valence-electron chi connectivity index (χ0n) is 3.96. The minimum atomic E-state index is -0.396. The Morgan fingerprint density at radius 2 is 2.50 bits per heavy atom. The van der Waals surface area contributed by atoms with E-state index in [9.17, 15) is 9.59 Å². The van der Waals surface area contributed by atoms with E-state index in [1.165, 1.54) is 0 Å². The molecule has 4 heteroatoms. The topological polar surface area (TPSA) is 55.7 Å². The van der Waals surface area contributed by atoms with Crippen LogP contribution in [0.3, 0.4) is 0 Å². The van der Waals surface area contributed by atoms with Gasteiger partial charge in [-0.3, -0.25) is 9.59 Å². The summed E-state index contributed by atoms with van der Waals surface area (Å²) >= 11 is 0. The molecular formula is C4H3NO3. The van der Waals surface area contributed by atoms with Gasteiger partial charge in [0.15, 0.2) is 6.61 Å². The first-order chi connectivity index (χ1) is 3.83. The van der Waals surface area contributed by atoms with Crippen molar-refractivity contribution in [2.75, 3.05) is 6.61 Å². The van der Waals surface area contributed by atoms with Crippen LogP contribution < -0.4 is 0 Å². The highest BCUT2D eigenvalue weighted by molar-refractivity contribution is 6.28. The number of hydrogen-bond donors (Lipinski definition) is 0. The summed E-state index contributed by atoms with van der Waals surface area (Å²) in [6.07, 6.45) is 0.408. The minimum Gasteiger partial charge on any atom is -0.465 e. The average Bonchev–Trinajstić information content (AvgIpc) is 2.14. The van der Waals surface area contributed by atoms with Gasteiger partial charge < -0.3 is 4.74 Å².